The number of hydrogen-bond acceptors (Lipinski definition) is 2. The summed E-state index contributed by atoms with van der Waals surface area (Å²) in [5, 5.41) is 0. The zero-order valence-corrected chi connectivity index (χ0v) is 12.0. The Morgan fingerprint density at radius 2 is 1.16 bits per heavy atom. The predicted octanol–water partition coefficient (Wildman–Crippen LogP) is 3.91. The van der Waals surface area contributed by atoms with Gasteiger partial charge in [-0.25, -0.2) is 0 Å². The Morgan fingerprint density at radius 3 is 1.53 bits per heavy atom. The Balaban J connectivity index is 2.36. The van der Waals surface area contributed by atoms with Crippen molar-refractivity contribution in [2.24, 2.45) is 0 Å². The van der Waals surface area contributed by atoms with Crippen LogP contribution >= 0.6 is 0 Å². The standard InChI is InChI=1S/C17H20O2/c1-12-5-7-14(16(9-12)18-3)11-15-8-6-13(2)10-17(15)19-4/h5-10H,11H2,1-4H3. The Hall–Kier alpha value is -1.96. The quantitative estimate of drug-likeness (QED) is 0.825. The van der Waals surface area contributed by atoms with Crippen LogP contribution in [0.1, 0.15) is 22.3 Å². The summed E-state index contributed by atoms with van der Waals surface area (Å²) < 4.78 is 10.9. The Bertz CT molecular complexity index is 522. The molecule has 0 unspecified atom stereocenters. The maximum absolute atomic E-state index is 5.45. The molecular weight excluding hydrogens is 236 g/mol. The largest absolute Gasteiger partial charge is 0.496 e. The lowest BCUT2D eigenvalue weighted by Gasteiger charge is -2.12. The fraction of sp³-hybridized carbons (Fsp3) is 0.294. The lowest BCUT2D eigenvalue weighted by atomic mass is 10.0. The third kappa shape index (κ3) is 3.08. The van der Waals surface area contributed by atoms with Gasteiger partial charge in [-0.3, -0.25) is 0 Å². The van der Waals surface area contributed by atoms with Gasteiger partial charge in [0.2, 0.25) is 0 Å². The second-order valence-corrected chi connectivity index (χ2v) is 4.81. The van der Waals surface area contributed by atoms with Gasteiger partial charge in [-0.1, -0.05) is 24.3 Å². The molecule has 0 amide bonds. The highest BCUT2D eigenvalue weighted by Gasteiger charge is 2.08. The zero-order valence-electron chi connectivity index (χ0n) is 12.0. The van der Waals surface area contributed by atoms with Gasteiger partial charge < -0.3 is 9.47 Å². The predicted molar refractivity (Wildman–Crippen MR) is 78.3 cm³/mol. The second kappa shape index (κ2) is 5.79. The van der Waals surface area contributed by atoms with E-state index in [2.05, 4.69) is 50.2 Å². The van der Waals surface area contributed by atoms with E-state index in [0.717, 1.165) is 17.9 Å². The van der Waals surface area contributed by atoms with E-state index in [-0.39, 0.29) is 0 Å². The second-order valence-electron chi connectivity index (χ2n) is 4.81. The van der Waals surface area contributed by atoms with Crippen molar-refractivity contribution in [3.63, 3.8) is 0 Å². The summed E-state index contributed by atoms with van der Waals surface area (Å²) in [4.78, 5) is 0. The minimum absolute atomic E-state index is 0.812. The fourth-order valence-corrected chi connectivity index (χ4v) is 2.20. The van der Waals surface area contributed by atoms with Crippen LogP contribution < -0.4 is 9.47 Å². The van der Waals surface area contributed by atoms with Crippen LogP contribution in [0.15, 0.2) is 36.4 Å². The number of benzene rings is 2. The van der Waals surface area contributed by atoms with Gasteiger partial charge in [0.05, 0.1) is 14.2 Å². The first-order valence-corrected chi connectivity index (χ1v) is 6.41. The molecule has 0 bridgehead atoms. The number of aryl methyl sites for hydroxylation is 2. The lowest BCUT2D eigenvalue weighted by molar-refractivity contribution is 0.405. The molecule has 0 saturated carbocycles. The first-order chi connectivity index (χ1) is 9.13. The molecule has 0 N–H and O–H groups in total. The molecule has 2 aromatic rings. The zero-order chi connectivity index (χ0) is 13.8. The van der Waals surface area contributed by atoms with Crippen molar-refractivity contribution < 1.29 is 9.47 Å². The highest BCUT2D eigenvalue weighted by molar-refractivity contribution is 5.45. The van der Waals surface area contributed by atoms with E-state index >= 15 is 0 Å². The molecule has 0 aromatic heterocycles. The van der Waals surface area contributed by atoms with Crippen LogP contribution in [0.25, 0.3) is 0 Å². The molecule has 0 aliphatic heterocycles. The summed E-state index contributed by atoms with van der Waals surface area (Å²) in [7, 11) is 3.43. The molecule has 0 radical (unpaired) electrons. The van der Waals surface area contributed by atoms with Crippen LogP contribution in [0.3, 0.4) is 0 Å². The summed E-state index contributed by atoms with van der Waals surface area (Å²) in [5.41, 5.74) is 4.76. The van der Waals surface area contributed by atoms with E-state index in [0.29, 0.717) is 0 Å². The normalized spacial score (nSPS) is 10.3. The Morgan fingerprint density at radius 1 is 0.737 bits per heavy atom. The molecule has 0 saturated heterocycles. The van der Waals surface area contributed by atoms with Crippen LogP contribution in [0, 0.1) is 13.8 Å². The molecule has 2 aromatic carbocycles. The van der Waals surface area contributed by atoms with Crippen molar-refractivity contribution in [1.82, 2.24) is 0 Å². The number of ether oxygens (including phenoxy) is 2. The number of rotatable bonds is 4. The first-order valence-electron chi connectivity index (χ1n) is 6.41. The molecule has 0 heterocycles. The van der Waals surface area contributed by atoms with Crippen LogP contribution in [0.5, 0.6) is 11.5 Å². The van der Waals surface area contributed by atoms with Gasteiger partial charge in [0.1, 0.15) is 11.5 Å². The molecule has 2 rings (SSSR count). The fourth-order valence-electron chi connectivity index (χ4n) is 2.20. The minimum Gasteiger partial charge on any atom is -0.496 e. The summed E-state index contributed by atoms with van der Waals surface area (Å²) in [6.45, 7) is 4.14. The molecule has 0 aliphatic carbocycles. The van der Waals surface area contributed by atoms with E-state index in [1.165, 1.54) is 22.3 Å². The van der Waals surface area contributed by atoms with E-state index in [4.69, 9.17) is 9.47 Å². The summed E-state index contributed by atoms with van der Waals surface area (Å²) in [5.74, 6) is 1.87. The number of hydrogen-bond donors (Lipinski definition) is 0. The number of methoxy groups -OCH3 is 2. The smallest absolute Gasteiger partial charge is 0.122 e. The van der Waals surface area contributed by atoms with Crippen LogP contribution in [-0.2, 0) is 6.42 Å². The molecule has 0 fully saturated rings. The average molecular weight is 256 g/mol. The van der Waals surface area contributed by atoms with Crippen molar-refractivity contribution in [3.05, 3.63) is 58.7 Å². The van der Waals surface area contributed by atoms with E-state index in [1.54, 1.807) is 14.2 Å². The van der Waals surface area contributed by atoms with Gasteiger partial charge in [-0.15, -0.1) is 0 Å². The van der Waals surface area contributed by atoms with E-state index < -0.39 is 0 Å². The van der Waals surface area contributed by atoms with Crippen LogP contribution in [0.4, 0.5) is 0 Å². The highest BCUT2D eigenvalue weighted by Crippen LogP contribution is 2.27. The molecule has 2 nitrogen and oxygen atoms in total. The third-order valence-corrected chi connectivity index (χ3v) is 3.27. The van der Waals surface area contributed by atoms with Crippen molar-refractivity contribution in [2.45, 2.75) is 20.3 Å². The molecular formula is C17H20O2. The highest BCUT2D eigenvalue weighted by atomic mass is 16.5. The van der Waals surface area contributed by atoms with Gasteiger partial charge >= 0.3 is 0 Å². The summed E-state index contributed by atoms with van der Waals surface area (Å²) >= 11 is 0. The van der Waals surface area contributed by atoms with E-state index in [1.807, 2.05) is 0 Å². The molecule has 19 heavy (non-hydrogen) atoms. The maximum Gasteiger partial charge on any atom is 0.122 e. The van der Waals surface area contributed by atoms with Crippen molar-refractivity contribution >= 4 is 0 Å². The minimum atomic E-state index is 0.812. The Kier molecular flexibility index (Phi) is 4.10. The van der Waals surface area contributed by atoms with Gasteiger partial charge in [0.15, 0.2) is 0 Å². The summed E-state index contributed by atoms with van der Waals surface area (Å²) in [6.07, 6.45) is 0.812. The maximum atomic E-state index is 5.45. The molecule has 0 spiro atoms. The Labute approximate surface area is 115 Å². The first kappa shape index (κ1) is 13.5. The average Bonchev–Trinajstić information content (AvgIpc) is 2.42. The molecule has 100 valence electrons. The van der Waals surface area contributed by atoms with Crippen molar-refractivity contribution in [1.29, 1.82) is 0 Å². The monoisotopic (exact) mass is 256 g/mol. The lowest BCUT2D eigenvalue weighted by Crippen LogP contribution is -1.97. The molecule has 0 aliphatic rings. The third-order valence-electron chi connectivity index (χ3n) is 3.27. The van der Waals surface area contributed by atoms with Crippen LogP contribution in [0.2, 0.25) is 0 Å². The van der Waals surface area contributed by atoms with Gasteiger partial charge in [0, 0.05) is 6.42 Å². The van der Waals surface area contributed by atoms with Gasteiger partial charge in [-0.05, 0) is 48.2 Å². The van der Waals surface area contributed by atoms with E-state index in [9.17, 15) is 0 Å². The molecule has 2 heteroatoms. The van der Waals surface area contributed by atoms with Crippen molar-refractivity contribution in [3.8, 4) is 11.5 Å². The summed E-state index contributed by atoms with van der Waals surface area (Å²) in [6, 6.07) is 12.6. The van der Waals surface area contributed by atoms with Gasteiger partial charge in [-0.2, -0.15) is 0 Å². The SMILES string of the molecule is COc1cc(C)ccc1Cc1ccc(C)cc1OC. The van der Waals surface area contributed by atoms with Crippen LogP contribution in [-0.4, -0.2) is 14.2 Å². The van der Waals surface area contributed by atoms with Gasteiger partial charge in [0.25, 0.3) is 0 Å². The topological polar surface area (TPSA) is 18.5 Å². The van der Waals surface area contributed by atoms with Crippen molar-refractivity contribution in [2.75, 3.05) is 14.2 Å². The molecule has 0 atom stereocenters.